The van der Waals surface area contributed by atoms with Gasteiger partial charge in [-0.05, 0) is 55.6 Å². The Bertz CT molecular complexity index is 515. The molecule has 1 unspecified atom stereocenters. The van der Waals surface area contributed by atoms with Crippen molar-refractivity contribution in [1.29, 1.82) is 0 Å². The monoisotopic (exact) mass is 319 g/mol. The first-order valence-electron chi connectivity index (χ1n) is 8.04. The maximum Gasteiger partial charge on any atom is 0.222 e. The molecule has 1 atom stereocenters. The first-order valence-corrected chi connectivity index (χ1v) is 8.45. The van der Waals surface area contributed by atoms with E-state index >= 15 is 0 Å². The van der Waals surface area contributed by atoms with E-state index in [0.717, 1.165) is 31.5 Å². The van der Waals surface area contributed by atoms with Crippen LogP contribution < -0.4 is 11.1 Å². The summed E-state index contributed by atoms with van der Waals surface area (Å²) < 4.78 is 0. The molecule has 4 nitrogen and oxygen atoms in total. The van der Waals surface area contributed by atoms with Gasteiger partial charge in [-0.3, -0.25) is 4.79 Å². The molecule has 3 N–H and O–H groups in total. The van der Waals surface area contributed by atoms with Crippen LogP contribution in [-0.4, -0.2) is 29.0 Å². The molecule has 0 spiro atoms. The van der Waals surface area contributed by atoms with Crippen molar-refractivity contribution in [2.45, 2.75) is 39.0 Å². The minimum Gasteiger partial charge on any atom is -0.369 e. The molecule has 1 aromatic rings. The highest BCUT2D eigenvalue weighted by Gasteiger charge is 2.25. The topological polar surface area (TPSA) is 58.4 Å². The maximum atomic E-state index is 11.3. The molecule has 120 valence electrons. The number of piperidine rings is 1. The number of carbonyl (C=O) groups is 1. The molecule has 0 aliphatic carbocycles. The van der Waals surface area contributed by atoms with E-state index in [-0.39, 0.29) is 11.8 Å². The van der Waals surface area contributed by atoms with Crippen molar-refractivity contribution in [2.24, 2.45) is 11.7 Å². The third-order valence-electron chi connectivity index (χ3n) is 4.14. The summed E-state index contributed by atoms with van der Waals surface area (Å²) in [6, 6.07) is 8.41. The van der Waals surface area contributed by atoms with Gasteiger partial charge in [-0.2, -0.15) is 0 Å². The Morgan fingerprint density at radius 1 is 1.41 bits per heavy atom. The number of carbonyl (C=O) groups excluding carboxylic acids is 1. The summed E-state index contributed by atoms with van der Waals surface area (Å²) in [6.07, 6.45) is 5.35. The predicted octanol–water partition coefficient (Wildman–Crippen LogP) is 2.92. The number of amides is 1. The molecule has 0 radical (unpaired) electrons. The highest BCUT2D eigenvalue weighted by molar-refractivity contribution is 7.80. The summed E-state index contributed by atoms with van der Waals surface area (Å²) in [4.78, 5) is 13.4. The first kappa shape index (κ1) is 16.7. The number of nitrogens with two attached hydrogens (primary N) is 1. The zero-order valence-corrected chi connectivity index (χ0v) is 14.0. The smallest absolute Gasteiger partial charge is 0.222 e. The predicted molar refractivity (Wildman–Crippen MR) is 94.8 cm³/mol. The van der Waals surface area contributed by atoms with Crippen LogP contribution >= 0.6 is 12.2 Å². The lowest BCUT2D eigenvalue weighted by Crippen LogP contribution is -2.45. The average Bonchev–Trinajstić information content (AvgIpc) is 2.54. The van der Waals surface area contributed by atoms with Gasteiger partial charge in [0, 0.05) is 18.8 Å². The molecule has 0 aromatic heterocycles. The second-order valence-electron chi connectivity index (χ2n) is 5.92. The summed E-state index contributed by atoms with van der Waals surface area (Å²) in [5.41, 5.74) is 7.75. The lowest BCUT2D eigenvalue weighted by Gasteiger charge is -2.33. The molecule has 1 aromatic carbocycles. The lowest BCUT2D eigenvalue weighted by molar-refractivity contribution is -0.122. The molecule has 1 heterocycles. The molecular formula is C17H25N3OS. The van der Waals surface area contributed by atoms with Crippen molar-refractivity contribution in [1.82, 2.24) is 4.90 Å². The fourth-order valence-corrected chi connectivity index (χ4v) is 3.02. The Balaban J connectivity index is 1.89. The Morgan fingerprint density at radius 2 is 2.14 bits per heavy atom. The minimum absolute atomic E-state index is 0.0927. The number of nitrogens with one attached hydrogen (secondary N) is 1. The van der Waals surface area contributed by atoms with Gasteiger partial charge in [0.2, 0.25) is 5.91 Å². The fraction of sp³-hybridized carbons (Fsp3) is 0.529. The molecule has 0 bridgehead atoms. The van der Waals surface area contributed by atoms with E-state index in [1.165, 1.54) is 18.4 Å². The van der Waals surface area contributed by atoms with Crippen LogP contribution in [-0.2, 0) is 11.2 Å². The van der Waals surface area contributed by atoms with E-state index in [4.69, 9.17) is 18.0 Å². The zero-order valence-electron chi connectivity index (χ0n) is 13.2. The number of likely N-dealkylation sites (tertiary alicyclic amines) is 1. The Labute approximate surface area is 138 Å². The summed E-state index contributed by atoms with van der Waals surface area (Å²) in [5.74, 6) is -0.322. The molecule has 22 heavy (non-hydrogen) atoms. The van der Waals surface area contributed by atoms with E-state index in [1.807, 2.05) is 4.90 Å². The van der Waals surface area contributed by atoms with Crippen LogP contribution in [0.25, 0.3) is 0 Å². The number of aryl methyl sites for hydroxylation is 1. The van der Waals surface area contributed by atoms with Crippen molar-refractivity contribution in [3.05, 3.63) is 29.8 Å². The van der Waals surface area contributed by atoms with Crippen LogP contribution in [0.1, 0.15) is 38.2 Å². The van der Waals surface area contributed by atoms with Gasteiger partial charge < -0.3 is 16.0 Å². The number of unbranched alkanes of at least 4 members (excludes halogenated alkanes) is 1. The molecule has 5 heteroatoms. The molecule has 1 aliphatic heterocycles. The van der Waals surface area contributed by atoms with Gasteiger partial charge in [-0.1, -0.05) is 25.5 Å². The van der Waals surface area contributed by atoms with Gasteiger partial charge in [-0.25, -0.2) is 0 Å². The number of hydrogen-bond acceptors (Lipinski definition) is 2. The van der Waals surface area contributed by atoms with Gasteiger partial charge in [0.15, 0.2) is 5.11 Å². The van der Waals surface area contributed by atoms with Crippen molar-refractivity contribution in [2.75, 3.05) is 18.4 Å². The average molecular weight is 319 g/mol. The maximum absolute atomic E-state index is 11.3. The third kappa shape index (κ3) is 4.70. The quantitative estimate of drug-likeness (QED) is 0.819. The van der Waals surface area contributed by atoms with E-state index in [9.17, 15) is 4.79 Å². The SMILES string of the molecule is CCCCc1ccc(NC(=S)N2CCCC(C(N)=O)C2)cc1. The highest BCUT2D eigenvalue weighted by Crippen LogP contribution is 2.18. The van der Waals surface area contributed by atoms with Crippen LogP contribution in [0.5, 0.6) is 0 Å². The Kier molecular flexibility index (Phi) is 6.19. The third-order valence-corrected chi connectivity index (χ3v) is 4.50. The molecule has 1 aliphatic rings. The fourth-order valence-electron chi connectivity index (χ4n) is 2.73. The van der Waals surface area contributed by atoms with Crippen LogP contribution in [0.3, 0.4) is 0 Å². The van der Waals surface area contributed by atoms with E-state index in [0.29, 0.717) is 11.7 Å². The molecule has 1 saturated heterocycles. The number of thiocarbonyl (C=S) groups is 1. The summed E-state index contributed by atoms with van der Waals surface area (Å²) >= 11 is 5.46. The van der Waals surface area contributed by atoms with Crippen LogP contribution in [0.4, 0.5) is 5.69 Å². The van der Waals surface area contributed by atoms with Crippen molar-refractivity contribution in [3.63, 3.8) is 0 Å². The number of hydrogen-bond donors (Lipinski definition) is 2. The number of benzene rings is 1. The van der Waals surface area contributed by atoms with Crippen molar-refractivity contribution >= 4 is 28.9 Å². The van der Waals surface area contributed by atoms with Gasteiger partial charge in [0.1, 0.15) is 0 Å². The number of rotatable bonds is 5. The molecule has 0 saturated carbocycles. The summed E-state index contributed by atoms with van der Waals surface area (Å²) in [5, 5.41) is 3.93. The Hall–Kier alpha value is -1.62. The van der Waals surface area contributed by atoms with E-state index in [2.05, 4.69) is 36.5 Å². The largest absolute Gasteiger partial charge is 0.369 e. The van der Waals surface area contributed by atoms with Gasteiger partial charge in [0.25, 0.3) is 0 Å². The van der Waals surface area contributed by atoms with E-state index < -0.39 is 0 Å². The first-order chi connectivity index (χ1) is 10.6. The van der Waals surface area contributed by atoms with Crippen molar-refractivity contribution < 1.29 is 4.79 Å². The number of anilines is 1. The van der Waals surface area contributed by atoms with Crippen LogP contribution in [0, 0.1) is 5.92 Å². The molecule has 1 fully saturated rings. The van der Waals surface area contributed by atoms with Crippen LogP contribution in [0.2, 0.25) is 0 Å². The number of primary amides is 1. The van der Waals surface area contributed by atoms with Gasteiger partial charge >= 0.3 is 0 Å². The minimum atomic E-state index is -0.229. The Morgan fingerprint density at radius 3 is 2.77 bits per heavy atom. The summed E-state index contributed by atoms with van der Waals surface area (Å²) in [7, 11) is 0. The second kappa shape index (κ2) is 8.13. The van der Waals surface area contributed by atoms with Gasteiger partial charge in [-0.15, -0.1) is 0 Å². The second-order valence-corrected chi connectivity index (χ2v) is 6.30. The molecule has 2 rings (SSSR count). The molecule has 1 amide bonds. The van der Waals surface area contributed by atoms with Crippen LogP contribution in [0.15, 0.2) is 24.3 Å². The molecular weight excluding hydrogens is 294 g/mol. The highest BCUT2D eigenvalue weighted by atomic mass is 32.1. The van der Waals surface area contributed by atoms with Gasteiger partial charge in [0.05, 0.1) is 5.92 Å². The van der Waals surface area contributed by atoms with Crippen molar-refractivity contribution in [3.8, 4) is 0 Å². The zero-order chi connectivity index (χ0) is 15.9. The lowest BCUT2D eigenvalue weighted by atomic mass is 9.98. The number of nitrogens with zero attached hydrogens (tertiary/aromatic N) is 1. The summed E-state index contributed by atoms with van der Waals surface area (Å²) in [6.45, 7) is 3.70. The normalized spacial score (nSPS) is 18.0. The standard InChI is InChI=1S/C17H25N3OS/c1-2-3-5-13-7-9-15(10-8-13)19-17(22)20-11-4-6-14(12-20)16(18)21/h7-10,14H,2-6,11-12H2,1H3,(H2,18,21)(H,19,22). The van der Waals surface area contributed by atoms with E-state index in [1.54, 1.807) is 0 Å².